The molecule has 0 aliphatic carbocycles. The molecule has 1 aromatic carbocycles. The van der Waals surface area contributed by atoms with Crippen LogP contribution in [0.4, 0.5) is 0 Å². The Bertz CT molecular complexity index is 735. The second-order valence-electron chi connectivity index (χ2n) is 6.76. The van der Waals surface area contributed by atoms with Crippen LogP contribution in [-0.4, -0.2) is 50.1 Å². The van der Waals surface area contributed by atoms with Crippen molar-refractivity contribution < 1.29 is 14.3 Å². The molecule has 3 rings (SSSR count). The highest BCUT2D eigenvalue weighted by molar-refractivity contribution is 7.13. The molecule has 1 aliphatic heterocycles. The van der Waals surface area contributed by atoms with Crippen LogP contribution >= 0.6 is 11.3 Å². The van der Waals surface area contributed by atoms with Crippen LogP contribution in [0, 0.1) is 5.92 Å². The fourth-order valence-corrected chi connectivity index (χ4v) is 4.05. The van der Waals surface area contributed by atoms with Crippen molar-refractivity contribution in [3.63, 3.8) is 0 Å². The lowest BCUT2D eigenvalue weighted by atomic mass is 9.95. The lowest BCUT2D eigenvalue weighted by Crippen LogP contribution is -2.43. The molecule has 0 radical (unpaired) electrons. The third-order valence-corrected chi connectivity index (χ3v) is 5.83. The summed E-state index contributed by atoms with van der Waals surface area (Å²) in [7, 11) is 1.66. The number of carbonyl (C=O) groups excluding carboxylic acids is 2. The highest BCUT2D eigenvalue weighted by atomic mass is 32.1. The molecule has 0 spiro atoms. The van der Waals surface area contributed by atoms with E-state index in [1.54, 1.807) is 18.4 Å². The van der Waals surface area contributed by atoms with E-state index in [0.29, 0.717) is 31.8 Å². The quantitative estimate of drug-likeness (QED) is 0.742. The number of carbonyl (C=O) groups is 2. The molecule has 5 nitrogen and oxygen atoms in total. The number of thiophene rings is 1. The molecule has 2 heterocycles. The standard InChI is InChI=1S/C21H26N2O3S/c1-26-14-3-11-22-20(24)17-9-12-23(13-10-17)21(25)18-7-5-16(6-8-18)19-4-2-15-27-19/h2,4-8,15,17H,3,9-14H2,1H3,(H,22,24). The Morgan fingerprint density at radius 1 is 1.19 bits per heavy atom. The summed E-state index contributed by atoms with van der Waals surface area (Å²) in [6.45, 7) is 2.55. The maximum Gasteiger partial charge on any atom is 0.253 e. The second kappa shape index (κ2) is 9.67. The molecule has 1 fully saturated rings. The molecular weight excluding hydrogens is 360 g/mol. The maximum absolute atomic E-state index is 12.7. The molecular formula is C21H26N2O3S. The fraction of sp³-hybridized carbons (Fsp3) is 0.429. The van der Waals surface area contributed by atoms with Gasteiger partial charge in [0.15, 0.2) is 0 Å². The van der Waals surface area contributed by atoms with Crippen LogP contribution in [0.25, 0.3) is 10.4 Å². The van der Waals surface area contributed by atoms with Gasteiger partial charge < -0.3 is 15.0 Å². The van der Waals surface area contributed by atoms with E-state index < -0.39 is 0 Å². The predicted molar refractivity (Wildman–Crippen MR) is 108 cm³/mol. The van der Waals surface area contributed by atoms with E-state index in [9.17, 15) is 9.59 Å². The number of ether oxygens (including phenoxy) is 1. The topological polar surface area (TPSA) is 58.6 Å². The van der Waals surface area contributed by atoms with Crippen molar-refractivity contribution >= 4 is 23.2 Å². The van der Waals surface area contributed by atoms with E-state index in [1.165, 1.54) is 4.88 Å². The van der Waals surface area contributed by atoms with E-state index in [0.717, 1.165) is 24.8 Å². The van der Waals surface area contributed by atoms with Gasteiger partial charge in [0.25, 0.3) is 5.91 Å². The van der Waals surface area contributed by atoms with Crippen LogP contribution in [-0.2, 0) is 9.53 Å². The van der Waals surface area contributed by atoms with Gasteiger partial charge in [0.05, 0.1) is 0 Å². The summed E-state index contributed by atoms with van der Waals surface area (Å²) < 4.78 is 4.98. The van der Waals surface area contributed by atoms with Gasteiger partial charge in [-0.2, -0.15) is 0 Å². The van der Waals surface area contributed by atoms with Crippen molar-refractivity contribution in [2.45, 2.75) is 19.3 Å². The van der Waals surface area contributed by atoms with Crippen molar-refractivity contribution in [2.75, 3.05) is 33.4 Å². The normalized spacial score (nSPS) is 14.9. The number of amides is 2. The first kappa shape index (κ1) is 19.6. The zero-order valence-corrected chi connectivity index (χ0v) is 16.5. The van der Waals surface area contributed by atoms with Gasteiger partial charge in [-0.25, -0.2) is 0 Å². The Morgan fingerprint density at radius 2 is 1.93 bits per heavy atom. The molecule has 1 aliphatic rings. The zero-order chi connectivity index (χ0) is 19.1. The summed E-state index contributed by atoms with van der Waals surface area (Å²) >= 11 is 1.69. The smallest absolute Gasteiger partial charge is 0.253 e. The number of nitrogens with zero attached hydrogens (tertiary/aromatic N) is 1. The van der Waals surface area contributed by atoms with Crippen molar-refractivity contribution in [1.82, 2.24) is 10.2 Å². The van der Waals surface area contributed by atoms with Crippen molar-refractivity contribution in [3.05, 3.63) is 47.3 Å². The molecule has 2 amide bonds. The summed E-state index contributed by atoms with van der Waals surface area (Å²) in [6, 6.07) is 11.9. The minimum Gasteiger partial charge on any atom is -0.385 e. The van der Waals surface area contributed by atoms with Crippen LogP contribution < -0.4 is 5.32 Å². The predicted octanol–water partition coefficient (Wildman–Crippen LogP) is 3.42. The average Bonchev–Trinajstić information content (AvgIpc) is 3.26. The molecule has 1 N–H and O–H groups in total. The largest absolute Gasteiger partial charge is 0.385 e. The zero-order valence-electron chi connectivity index (χ0n) is 15.6. The van der Waals surface area contributed by atoms with Gasteiger partial charge in [-0.1, -0.05) is 18.2 Å². The fourth-order valence-electron chi connectivity index (χ4n) is 3.32. The monoisotopic (exact) mass is 386 g/mol. The van der Waals surface area contributed by atoms with E-state index >= 15 is 0 Å². The average molecular weight is 387 g/mol. The van der Waals surface area contributed by atoms with Crippen LogP contribution in [0.2, 0.25) is 0 Å². The summed E-state index contributed by atoms with van der Waals surface area (Å²) in [6.07, 6.45) is 2.26. The molecule has 1 aromatic heterocycles. The Kier molecular flexibility index (Phi) is 7.01. The Balaban J connectivity index is 1.49. The molecule has 144 valence electrons. The van der Waals surface area contributed by atoms with Gasteiger partial charge in [0.1, 0.15) is 0 Å². The van der Waals surface area contributed by atoms with Crippen molar-refractivity contribution in [1.29, 1.82) is 0 Å². The van der Waals surface area contributed by atoms with Crippen LogP contribution in [0.1, 0.15) is 29.6 Å². The third-order valence-electron chi connectivity index (χ3n) is 4.91. The van der Waals surface area contributed by atoms with Gasteiger partial charge in [0, 0.05) is 49.7 Å². The molecule has 27 heavy (non-hydrogen) atoms. The Morgan fingerprint density at radius 3 is 2.56 bits per heavy atom. The molecule has 2 aromatic rings. The summed E-state index contributed by atoms with van der Waals surface area (Å²) in [4.78, 5) is 28.0. The minimum atomic E-state index is -0.00204. The summed E-state index contributed by atoms with van der Waals surface area (Å²) in [5, 5.41) is 5.01. The molecule has 6 heteroatoms. The second-order valence-corrected chi connectivity index (χ2v) is 7.71. The number of methoxy groups -OCH3 is 1. The lowest BCUT2D eigenvalue weighted by molar-refractivity contribution is -0.126. The van der Waals surface area contributed by atoms with Gasteiger partial charge in [-0.3, -0.25) is 9.59 Å². The molecule has 0 saturated carbocycles. The number of benzene rings is 1. The van der Waals surface area contributed by atoms with Gasteiger partial charge in [-0.15, -0.1) is 11.3 Å². The van der Waals surface area contributed by atoms with E-state index in [-0.39, 0.29) is 17.7 Å². The molecule has 0 bridgehead atoms. The molecule has 0 unspecified atom stereocenters. The summed E-state index contributed by atoms with van der Waals surface area (Å²) in [5.41, 5.74) is 1.84. The van der Waals surface area contributed by atoms with E-state index in [1.807, 2.05) is 40.6 Å². The van der Waals surface area contributed by atoms with Gasteiger partial charge >= 0.3 is 0 Å². The first-order valence-corrected chi connectivity index (χ1v) is 10.3. The van der Waals surface area contributed by atoms with Gasteiger partial charge in [0.2, 0.25) is 5.91 Å². The van der Waals surface area contributed by atoms with Crippen LogP contribution in [0.3, 0.4) is 0 Å². The van der Waals surface area contributed by atoms with Crippen molar-refractivity contribution in [3.8, 4) is 10.4 Å². The number of rotatable bonds is 7. The minimum absolute atomic E-state index is 0.00204. The van der Waals surface area contributed by atoms with Gasteiger partial charge in [-0.05, 0) is 48.4 Å². The van der Waals surface area contributed by atoms with Crippen LogP contribution in [0.5, 0.6) is 0 Å². The first-order chi connectivity index (χ1) is 13.2. The van der Waals surface area contributed by atoms with Crippen LogP contribution in [0.15, 0.2) is 41.8 Å². The number of hydrogen-bond donors (Lipinski definition) is 1. The number of piperidine rings is 1. The highest BCUT2D eigenvalue weighted by Crippen LogP contribution is 2.25. The molecule has 0 atom stereocenters. The summed E-state index contributed by atoms with van der Waals surface area (Å²) in [5.74, 6) is 0.142. The Hall–Kier alpha value is -2.18. The molecule has 1 saturated heterocycles. The SMILES string of the molecule is COCCCNC(=O)C1CCN(C(=O)c2ccc(-c3cccs3)cc2)CC1. The number of nitrogens with one attached hydrogen (secondary N) is 1. The number of hydrogen-bond acceptors (Lipinski definition) is 4. The number of likely N-dealkylation sites (tertiary alicyclic amines) is 1. The van der Waals surface area contributed by atoms with Crippen molar-refractivity contribution in [2.24, 2.45) is 5.92 Å². The highest BCUT2D eigenvalue weighted by Gasteiger charge is 2.27. The maximum atomic E-state index is 12.7. The Labute approximate surface area is 164 Å². The van der Waals surface area contributed by atoms with E-state index in [2.05, 4.69) is 11.4 Å². The lowest BCUT2D eigenvalue weighted by Gasteiger charge is -2.31. The first-order valence-electron chi connectivity index (χ1n) is 9.39. The van der Waals surface area contributed by atoms with E-state index in [4.69, 9.17) is 4.74 Å². The third kappa shape index (κ3) is 5.17.